The van der Waals surface area contributed by atoms with Crippen molar-refractivity contribution in [3.05, 3.63) is 11.9 Å². The standard InChI is InChI=1S/C22H38N2O3/c1-8-16(5)17(6)13-23-14-18-11-10-12-24(18)21(25)20(15(3)4)19(9-2)22(26)27-7/h13-17,19-20H,8-12H2,1-7H3/b18-14-,23-13?. The second-order valence-electron chi connectivity index (χ2n) is 8.06. The molecule has 4 unspecified atom stereocenters. The number of hydrogen-bond acceptors (Lipinski definition) is 4. The van der Waals surface area contributed by atoms with Crippen LogP contribution in [0.15, 0.2) is 16.9 Å². The molecule has 0 bridgehead atoms. The SMILES string of the molecule is CCC(C)C(C)C=N/C=C1/CCCN1C(=O)C(C(C)C)C(CC)C(=O)OC. The molecule has 0 aromatic carbocycles. The average Bonchev–Trinajstić information content (AvgIpc) is 3.12. The minimum absolute atomic E-state index is 0.0242. The van der Waals surface area contributed by atoms with Crippen molar-refractivity contribution < 1.29 is 14.3 Å². The molecule has 1 saturated heterocycles. The molecular formula is C22H38N2O3. The van der Waals surface area contributed by atoms with Gasteiger partial charge >= 0.3 is 5.97 Å². The van der Waals surface area contributed by atoms with Crippen LogP contribution in [0.5, 0.6) is 0 Å². The molecule has 27 heavy (non-hydrogen) atoms. The summed E-state index contributed by atoms with van der Waals surface area (Å²) in [7, 11) is 1.39. The molecule has 0 aromatic heterocycles. The van der Waals surface area contributed by atoms with Gasteiger partial charge in [-0.1, -0.05) is 48.0 Å². The number of carbonyl (C=O) groups excluding carboxylic acids is 2. The van der Waals surface area contributed by atoms with E-state index in [4.69, 9.17) is 4.74 Å². The number of likely N-dealkylation sites (tertiary alicyclic amines) is 1. The Bertz CT molecular complexity index is 554. The fourth-order valence-corrected chi connectivity index (χ4v) is 3.69. The molecular weight excluding hydrogens is 340 g/mol. The van der Waals surface area contributed by atoms with E-state index in [0.29, 0.717) is 24.8 Å². The molecule has 5 heteroatoms. The summed E-state index contributed by atoms with van der Waals surface area (Å²) in [4.78, 5) is 31.8. The normalized spacial score (nSPS) is 20.9. The highest BCUT2D eigenvalue weighted by Gasteiger charge is 2.39. The molecule has 154 valence electrons. The van der Waals surface area contributed by atoms with E-state index in [1.54, 1.807) is 0 Å². The second-order valence-corrected chi connectivity index (χ2v) is 8.06. The first-order chi connectivity index (χ1) is 12.8. The zero-order chi connectivity index (χ0) is 20.6. The van der Waals surface area contributed by atoms with Crippen LogP contribution in [0.1, 0.15) is 67.2 Å². The first kappa shape index (κ1) is 23.4. The van der Waals surface area contributed by atoms with Crippen molar-refractivity contribution in [2.24, 2.45) is 34.6 Å². The minimum Gasteiger partial charge on any atom is -0.469 e. The van der Waals surface area contributed by atoms with Gasteiger partial charge < -0.3 is 9.64 Å². The summed E-state index contributed by atoms with van der Waals surface area (Å²) >= 11 is 0. The Balaban J connectivity index is 2.99. The molecule has 1 rings (SSSR count). The molecule has 1 heterocycles. The second kappa shape index (κ2) is 11.3. The molecule has 0 saturated carbocycles. The van der Waals surface area contributed by atoms with E-state index in [1.807, 2.05) is 38.1 Å². The van der Waals surface area contributed by atoms with Gasteiger partial charge in [0.1, 0.15) is 0 Å². The molecule has 0 spiro atoms. The third kappa shape index (κ3) is 6.18. The Morgan fingerprint density at radius 2 is 1.85 bits per heavy atom. The quantitative estimate of drug-likeness (QED) is 0.432. The van der Waals surface area contributed by atoms with E-state index >= 15 is 0 Å². The lowest BCUT2D eigenvalue weighted by atomic mass is 9.80. The molecule has 1 amide bonds. The maximum Gasteiger partial charge on any atom is 0.309 e. The number of esters is 1. The van der Waals surface area contributed by atoms with Crippen LogP contribution in [0, 0.1) is 29.6 Å². The van der Waals surface area contributed by atoms with E-state index in [0.717, 1.165) is 25.0 Å². The van der Waals surface area contributed by atoms with Crippen LogP contribution >= 0.6 is 0 Å². The van der Waals surface area contributed by atoms with Crippen molar-refractivity contribution in [1.29, 1.82) is 0 Å². The fourth-order valence-electron chi connectivity index (χ4n) is 3.69. The van der Waals surface area contributed by atoms with Crippen LogP contribution in [0.4, 0.5) is 0 Å². The van der Waals surface area contributed by atoms with Crippen molar-refractivity contribution in [3.63, 3.8) is 0 Å². The van der Waals surface area contributed by atoms with Gasteiger partial charge in [0.25, 0.3) is 0 Å². The number of ether oxygens (including phenoxy) is 1. The summed E-state index contributed by atoms with van der Waals surface area (Å²) in [5.74, 6) is 0.0159. The number of allylic oxidation sites excluding steroid dienone is 1. The molecule has 0 radical (unpaired) electrons. The lowest BCUT2D eigenvalue weighted by molar-refractivity contribution is -0.154. The Hall–Kier alpha value is -1.65. The van der Waals surface area contributed by atoms with E-state index < -0.39 is 5.92 Å². The first-order valence-electron chi connectivity index (χ1n) is 10.4. The molecule has 4 atom stereocenters. The molecule has 1 fully saturated rings. The van der Waals surface area contributed by atoms with Crippen LogP contribution in [0.2, 0.25) is 0 Å². The summed E-state index contributed by atoms with van der Waals surface area (Å²) in [6.07, 6.45) is 7.31. The summed E-state index contributed by atoms with van der Waals surface area (Å²) in [6.45, 7) is 13.2. The smallest absolute Gasteiger partial charge is 0.309 e. The monoisotopic (exact) mass is 378 g/mol. The van der Waals surface area contributed by atoms with Crippen molar-refractivity contribution in [3.8, 4) is 0 Å². The van der Waals surface area contributed by atoms with E-state index in [1.165, 1.54) is 7.11 Å². The highest BCUT2D eigenvalue weighted by molar-refractivity contribution is 5.87. The van der Waals surface area contributed by atoms with Crippen molar-refractivity contribution in [1.82, 2.24) is 4.90 Å². The number of rotatable bonds is 9. The Labute approximate surface area is 165 Å². The lowest BCUT2D eigenvalue weighted by Crippen LogP contribution is -2.42. The van der Waals surface area contributed by atoms with Crippen LogP contribution in [-0.2, 0) is 14.3 Å². The van der Waals surface area contributed by atoms with Gasteiger partial charge in [0.05, 0.1) is 18.9 Å². The number of hydrogen-bond donors (Lipinski definition) is 0. The van der Waals surface area contributed by atoms with Gasteiger partial charge in [-0.3, -0.25) is 14.6 Å². The number of nitrogens with zero attached hydrogens (tertiary/aromatic N) is 2. The van der Waals surface area contributed by atoms with Crippen LogP contribution in [0.3, 0.4) is 0 Å². The van der Waals surface area contributed by atoms with Gasteiger partial charge in [0, 0.05) is 24.7 Å². The van der Waals surface area contributed by atoms with Gasteiger partial charge in [-0.05, 0) is 37.0 Å². The van der Waals surface area contributed by atoms with Crippen LogP contribution < -0.4 is 0 Å². The van der Waals surface area contributed by atoms with Crippen LogP contribution in [0.25, 0.3) is 0 Å². The Kier molecular flexibility index (Phi) is 9.75. The largest absolute Gasteiger partial charge is 0.469 e. The molecule has 1 aliphatic rings. The highest BCUT2D eigenvalue weighted by atomic mass is 16.5. The first-order valence-corrected chi connectivity index (χ1v) is 10.4. The van der Waals surface area contributed by atoms with Crippen molar-refractivity contribution in [2.75, 3.05) is 13.7 Å². The van der Waals surface area contributed by atoms with Crippen LogP contribution in [-0.4, -0.2) is 36.6 Å². The van der Waals surface area contributed by atoms with Gasteiger partial charge in [0.2, 0.25) is 5.91 Å². The van der Waals surface area contributed by atoms with Crippen molar-refractivity contribution >= 4 is 18.1 Å². The van der Waals surface area contributed by atoms with Gasteiger partial charge in [0.15, 0.2) is 0 Å². The number of methoxy groups -OCH3 is 1. The zero-order valence-corrected chi connectivity index (χ0v) is 18.2. The molecule has 0 aliphatic carbocycles. The lowest BCUT2D eigenvalue weighted by Gasteiger charge is -2.31. The number of amides is 1. The fraction of sp³-hybridized carbons (Fsp3) is 0.773. The summed E-state index contributed by atoms with van der Waals surface area (Å²) < 4.78 is 4.95. The van der Waals surface area contributed by atoms with E-state index in [2.05, 4.69) is 25.8 Å². The van der Waals surface area contributed by atoms with E-state index in [9.17, 15) is 9.59 Å². The van der Waals surface area contributed by atoms with Gasteiger partial charge in [-0.15, -0.1) is 0 Å². The van der Waals surface area contributed by atoms with Gasteiger partial charge in [-0.2, -0.15) is 0 Å². The third-order valence-corrected chi connectivity index (χ3v) is 5.89. The Morgan fingerprint density at radius 3 is 2.37 bits per heavy atom. The predicted molar refractivity (Wildman–Crippen MR) is 110 cm³/mol. The Morgan fingerprint density at radius 1 is 1.19 bits per heavy atom. The molecule has 5 nitrogen and oxygen atoms in total. The van der Waals surface area contributed by atoms with Crippen molar-refractivity contribution in [2.45, 2.75) is 67.2 Å². The zero-order valence-electron chi connectivity index (χ0n) is 18.2. The summed E-state index contributed by atoms with van der Waals surface area (Å²) in [5.41, 5.74) is 0.956. The highest BCUT2D eigenvalue weighted by Crippen LogP contribution is 2.31. The average molecular weight is 379 g/mol. The molecule has 0 N–H and O–H groups in total. The number of carbonyl (C=O) groups is 2. The molecule has 0 aromatic rings. The molecule has 1 aliphatic heterocycles. The van der Waals surface area contributed by atoms with E-state index in [-0.39, 0.29) is 23.7 Å². The summed E-state index contributed by atoms with van der Waals surface area (Å²) in [6, 6.07) is 0. The predicted octanol–water partition coefficient (Wildman–Crippen LogP) is 4.67. The number of aliphatic imine (C=N–C) groups is 1. The van der Waals surface area contributed by atoms with Gasteiger partial charge in [-0.25, -0.2) is 0 Å². The minimum atomic E-state index is -0.404. The summed E-state index contributed by atoms with van der Waals surface area (Å²) in [5, 5.41) is 0. The maximum atomic E-state index is 13.3. The maximum absolute atomic E-state index is 13.3. The topological polar surface area (TPSA) is 59.0 Å². The third-order valence-electron chi connectivity index (χ3n) is 5.89.